The quantitative estimate of drug-likeness (QED) is 0.656. The lowest BCUT2D eigenvalue weighted by Gasteiger charge is -2.20. The number of hydrogen-bond donors (Lipinski definition) is 1. The Balaban J connectivity index is 0.00000242. The van der Waals surface area contributed by atoms with Crippen molar-refractivity contribution >= 4 is 35.6 Å². The molecule has 8 heteroatoms. The van der Waals surface area contributed by atoms with Crippen molar-refractivity contribution in [1.82, 2.24) is 10.2 Å². The van der Waals surface area contributed by atoms with Crippen molar-refractivity contribution in [2.45, 2.75) is 31.8 Å². The van der Waals surface area contributed by atoms with E-state index in [0.717, 1.165) is 19.4 Å². The first-order valence-electron chi connectivity index (χ1n) is 6.87. The van der Waals surface area contributed by atoms with E-state index < -0.39 is 4.92 Å². The number of carbonyl (C=O) groups is 1. The van der Waals surface area contributed by atoms with Gasteiger partial charge in [0.05, 0.1) is 4.92 Å². The number of amides is 1. The number of benzene rings is 1. The fraction of sp³-hybridized carbons (Fsp3) is 0.500. The molecule has 1 aromatic rings. The minimum Gasteiger partial charge on any atom is -0.341 e. The molecule has 0 aromatic heterocycles. The van der Waals surface area contributed by atoms with E-state index in [9.17, 15) is 14.9 Å². The third-order valence-corrected chi connectivity index (χ3v) is 4.03. The lowest BCUT2D eigenvalue weighted by molar-refractivity contribution is -0.384. The van der Waals surface area contributed by atoms with Crippen LogP contribution in [0.3, 0.4) is 0 Å². The van der Waals surface area contributed by atoms with E-state index >= 15 is 0 Å². The third-order valence-electron chi connectivity index (χ3n) is 3.66. The monoisotopic (exact) mass is 347 g/mol. The van der Waals surface area contributed by atoms with Crippen LogP contribution in [0.5, 0.6) is 0 Å². The van der Waals surface area contributed by atoms with Crippen LogP contribution < -0.4 is 5.32 Å². The number of halogens is 2. The van der Waals surface area contributed by atoms with Crippen molar-refractivity contribution in [3.63, 3.8) is 0 Å². The van der Waals surface area contributed by atoms with E-state index in [2.05, 4.69) is 5.32 Å². The zero-order chi connectivity index (χ0) is 15.4. The summed E-state index contributed by atoms with van der Waals surface area (Å²) in [6.45, 7) is 1.23. The second kappa shape index (κ2) is 8.31. The topological polar surface area (TPSA) is 75.5 Å². The highest BCUT2D eigenvalue weighted by atomic mass is 35.5. The highest BCUT2D eigenvalue weighted by Gasteiger charge is 2.21. The number of non-ortho nitro benzene ring substituents is 1. The van der Waals surface area contributed by atoms with E-state index in [-0.39, 0.29) is 36.6 Å². The van der Waals surface area contributed by atoms with Gasteiger partial charge < -0.3 is 10.2 Å². The fourth-order valence-electron chi connectivity index (χ4n) is 2.44. The molecule has 0 radical (unpaired) electrons. The summed E-state index contributed by atoms with van der Waals surface area (Å²) in [6, 6.07) is 4.50. The van der Waals surface area contributed by atoms with Crippen molar-refractivity contribution in [1.29, 1.82) is 0 Å². The lowest BCUT2D eigenvalue weighted by atomic mass is 10.1. The summed E-state index contributed by atoms with van der Waals surface area (Å²) in [5.74, 6) is 0.0111. The van der Waals surface area contributed by atoms with Crippen LogP contribution in [0.15, 0.2) is 18.2 Å². The molecular weight excluding hydrogens is 329 g/mol. The van der Waals surface area contributed by atoms with Crippen LogP contribution in [0.1, 0.15) is 24.8 Å². The molecule has 22 heavy (non-hydrogen) atoms. The maximum absolute atomic E-state index is 12.1. The third kappa shape index (κ3) is 4.83. The standard InChI is InChI=1S/C14H18ClN3O3.ClH/c1-17(14(19)8-11-3-2-6-16-11)9-10-7-12(18(20)21)4-5-13(10)15;/h4-5,7,11,16H,2-3,6,8-9H2,1H3;1H. The maximum Gasteiger partial charge on any atom is 0.269 e. The average molecular weight is 348 g/mol. The molecule has 1 amide bonds. The first kappa shape index (κ1) is 18.7. The van der Waals surface area contributed by atoms with Gasteiger partial charge in [-0.1, -0.05) is 11.6 Å². The Hall–Kier alpha value is -1.37. The molecule has 1 fully saturated rings. The molecular formula is C14H19Cl2N3O3. The number of rotatable bonds is 5. The van der Waals surface area contributed by atoms with Crippen molar-refractivity contribution in [2.75, 3.05) is 13.6 Å². The smallest absolute Gasteiger partial charge is 0.269 e. The van der Waals surface area contributed by atoms with E-state index in [1.54, 1.807) is 11.9 Å². The predicted octanol–water partition coefficient (Wildman–Crippen LogP) is 2.77. The highest BCUT2D eigenvalue weighted by Crippen LogP contribution is 2.23. The number of nitrogens with zero attached hydrogens (tertiary/aromatic N) is 2. The van der Waals surface area contributed by atoms with E-state index in [0.29, 0.717) is 17.0 Å². The summed E-state index contributed by atoms with van der Waals surface area (Å²) < 4.78 is 0. The SMILES string of the molecule is CN(Cc1cc([N+](=O)[O-])ccc1Cl)C(=O)CC1CCCN1.Cl. The van der Waals surface area contributed by atoms with Gasteiger partial charge in [-0.2, -0.15) is 0 Å². The fourth-order valence-corrected chi connectivity index (χ4v) is 2.61. The minimum absolute atomic E-state index is 0. The molecule has 0 saturated carbocycles. The van der Waals surface area contributed by atoms with Crippen LogP contribution >= 0.6 is 24.0 Å². The zero-order valence-electron chi connectivity index (χ0n) is 12.3. The van der Waals surface area contributed by atoms with Gasteiger partial charge in [-0.05, 0) is 31.0 Å². The Kier molecular flexibility index (Phi) is 7.06. The summed E-state index contributed by atoms with van der Waals surface area (Å²) in [6.07, 6.45) is 2.55. The Bertz CT molecular complexity index is 548. The van der Waals surface area contributed by atoms with Gasteiger partial charge in [0.2, 0.25) is 5.91 Å². The second-order valence-corrected chi connectivity index (χ2v) is 5.69. The first-order chi connectivity index (χ1) is 9.97. The summed E-state index contributed by atoms with van der Waals surface area (Å²) in [5.41, 5.74) is 0.564. The molecule has 1 aliphatic rings. The normalized spacial score (nSPS) is 16.9. The molecule has 1 unspecified atom stereocenters. The van der Waals surface area contributed by atoms with Crippen molar-refractivity contribution in [3.05, 3.63) is 38.9 Å². The van der Waals surface area contributed by atoms with Crippen LogP contribution in [-0.4, -0.2) is 35.4 Å². The van der Waals surface area contributed by atoms with Crippen LogP contribution in [0.2, 0.25) is 5.02 Å². The molecule has 122 valence electrons. The zero-order valence-corrected chi connectivity index (χ0v) is 13.8. The molecule has 1 saturated heterocycles. The number of nitro benzene ring substituents is 1. The maximum atomic E-state index is 12.1. The van der Waals surface area contributed by atoms with Crippen molar-refractivity contribution in [3.8, 4) is 0 Å². The molecule has 1 aromatic carbocycles. The largest absolute Gasteiger partial charge is 0.341 e. The Morgan fingerprint density at radius 3 is 2.86 bits per heavy atom. The van der Waals surface area contributed by atoms with Gasteiger partial charge in [0, 0.05) is 43.2 Å². The predicted molar refractivity (Wildman–Crippen MR) is 87.5 cm³/mol. The second-order valence-electron chi connectivity index (χ2n) is 5.28. The molecule has 0 aliphatic carbocycles. The average Bonchev–Trinajstić information content (AvgIpc) is 2.93. The van der Waals surface area contributed by atoms with Crippen molar-refractivity contribution < 1.29 is 9.72 Å². The Labute approximate surface area is 140 Å². The summed E-state index contributed by atoms with van der Waals surface area (Å²) in [7, 11) is 1.69. The lowest BCUT2D eigenvalue weighted by Crippen LogP contribution is -2.33. The Morgan fingerprint density at radius 2 is 2.27 bits per heavy atom. The first-order valence-corrected chi connectivity index (χ1v) is 7.25. The van der Waals surface area contributed by atoms with Crippen molar-refractivity contribution in [2.24, 2.45) is 0 Å². The molecule has 6 nitrogen and oxygen atoms in total. The van der Waals surface area contributed by atoms with Gasteiger partial charge in [-0.25, -0.2) is 0 Å². The minimum atomic E-state index is -0.468. The molecule has 1 N–H and O–H groups in total. The van der Waals surface area contributed by atoms with E-state index in [1.165, 1.54) is 18.2 Å². The summed E-state index contributed by atoms with van der Waals surface area (Å²) in [5, 5.41) is 14.5. The Morgan fingerprint density at radius 1 is 1.55 bits per heavy atom. The summed E-state index contributed by atoms with van der Waals surface area (Å²) in [4.78, 5) is 24.0. The van der Waals surface area contributed by atoms with E-state index in [4.69, 9.17) is 11.6 Å². The molecule has 0 spiro atoms. The number of hydrogen-bond acceptors (Lipinski definition) is 4. The van der Waals surface area contributed by atoms with Crippen LogP contribution in [0.25, 0.3) is 0 Å². The molecule has 1 atom stereocenters. The van der Waals surface area contributed by atoms with E-state index in [1.807, 2.05) is 0 Å². The van der Waals surface area contributed by atoms with Gasteiger partial charge >= 0.3 is 0 Å². The summed E-state index contributed by atoms with van der Waals surface area (Å²) >= 11 is 6.05. The molecule has 1 heterocycles. The van der Waals surface area contributed by atoms with Gasteiger partial charge in [0.1, 0.15) is 0 Å². The highest BCUT2D eigenvalue weighted by molar-refractivity contribution is 6.31. The number of nitro groups is 1. The molecule has 0 bridgehead atoms. The number of nitrogens with one attached hydrogen (secondary N) is 1. The van der Waals surface area contributed by atoms with Crippen LogP contribution in [0.4, 0.5) is 5.69 Å². The van der Waals surface area contributed by atoms with Gasteiger partial charge in [0.15, 0.2) is 0 Å². The molecule has 1 aliphatic heterocycles. The van der Waals surface area contributed by atoms with Gasteiger partial charge in [-0.3, -0.25) is 14.9 Å². The van der Waals surface area contributed by atoms with Gasteiger partial charge in [0.25, 0.3) is 5.69 Å². The van der Waals surface area contributed by atoms with Crippen LogP contribution in [0, 0.1) is 10.1 Å². The van der Waals surface area contributed by atoms with Crippen LogP contribution in [-0.2, 0) is 11.3 Å². The number of carbonyl (C=O) groups excluding carboxylic acids is 1. The van der Waals surface area contributed by atoms with Gasteiger partial charge in [-0.15, -0.1) is 12.4 Å². The molecule has 2 rings (SSSR count).